The maximum atomic E-state index is 14.8. The van der Waals surface area contributed by atoms with Gasteiger partial charge in [0.15, 0.2) is 0 Å². The van der Waals surface area contributed by atoms with E-state index in [9.17, 15) is 24.0 Å². The first-order valence-electron chi connectivity index (χ1n) is 24.4. The van der Waals surface area contributed by atoms with Gasteiger partial charge in [-0.25, -0.2) is 10.2 Å². The molecular formula is C53H68N8O8. The molecule has 5 amide bonds. The van der Waals surface area contributed by atoms with E-state index < -0.39 is 41.3 Å². The van der Waals surface area contributed by atoms with E-state index in [0.717, 1.165) is 50.1 Å². The fourth-order valence-corrected chi connectivity index (χ4v) is 10.7. The van der Waals surface area contributed by atoms with Crippen molar-refractivity contribution >= 4 is 40.6 Å². The predicted molar refractivity (Wildman–Crippen MR) is 262 cm³/mol. The number of esters is 1. The summed E-state index contributed by atoms with van der Waals surface area (Å²) in [6.45, 7) is 18.1. The molecule has 69 heavy (non-hydrogen) atoms. The SMILES string of the molecule is C=CC(=O)N1CCO[C@H]2CN(C(=O)N(C)[C@H](C(=O)N[C@H]3Cc4cccc(c4)-c4ccc5c(c4)c(c(-c4cccnc4[C@H](C)OC)n5CC)CC(C)(C)COC(=O)[C@@H]4CCCN(N4)C3=O)C(C)C)C[C@H]21. The van der Waals surface area contributed by atoms with E-state index in [1.165, 1.54) is 16.0 Å². The number of likely N-dealkylation sites (N-methyl/N-ethyl adjacent to an activating group) is 1. The van der Waals surface area contributed by atoms with Crippen LogP contribution in [-0.4, -0.2) is 143 Å². The number of carbonyl (C=O) groups excluding carboxylic acids is 5. The average molecular weight is 945 g/mol. The molecule has 4 aliphatic heterocycles. The molecule has 6 heterocycles. The van der Waals surface area contributed by atoms with Crippen molar-refractivity contribution in [1.82, 2.24) is 40.0 Å². The van der Waals surface area contributed by atoms with Crippen LogP contribution in [0, 0.1) is 11.3 Å². The Morgan fingerprint density at radius 2 is 1.84 bits per heavy atom. The maximum absolute atomic E-state index is 14.8. The van der Waals surface area contributed by atoms with Gasteiger partial charge in [-0.05, 0) is 91.6 Å². The fraction of sp³-hybridized carbons (Fsp3) is 0.509. The number of benzene rings is 2. The Labute approximate surface area is 405 Å². The number of hydrazine groups is 1. The lowest BCUT2D eigenvalue weighted by molar-refractivity contribution is -0.155. The van der Waals surface area contributed by atoms with Crippen LogP contribution in [0.5, 0.6) is 0 Å². The number of methoxy groups -OCH3 is 1. The minimum Gasteiger partial charge on any atom is -0.464 e. The number of fused-ring (bicyclic) bond motifs is 7. The Morgan fingerprint density at radius 1 is 1.06 bits per heavy atom. The molecule has 0 aliphatic carbocycles. The second-order valence-electron chi connectivity index (χ2n) is 20.0. The van der Waals surface area contributed by atoms with E-state index in [2.05, 4.69) is 79.1 Å². The number of morpholine rings is 1. The van der Waals surface area contributed by atoms with Gasteiger partial charge >= 0.3 is 12.0 Å². The molecule has 0 radical (unpaired) electrons. The Morgan fingerprint density at radius 3 is 2.58 bits per heavy atom. The molecule has 16 heteroatoms. The van der Waals surface area contributed by atoms with Crippen LogP contribution in [0.3, 0.4) is 0 Å². The Kier molecular flexibility index (Phi) is 14.6. The summed E-state index contributed by atoms with van der Waals surface area (Å²) in [6, 6.07) is 15.0. The highest BCUT2D eigenvalue weighted by Crippen LogP contribution is 2.42. The van der Waals surface area contributed by atoms with Crippen LogP contribution >= 0.6 is 0 Å². The number of amides is 5. The number of hydrogen-bond acceptors (Lipinski definition) is 10. The van der Waals surface area contributed by atoms with E-state index in [1.807, 2.05) is 39.0 Å². The number of aromatic nitrogens is 2. The Hall–Kier alpha value is -6.10. The van der Waals surface area contributed by atoms with Crippen LogP contribution in [0.15, 0.2) is 73.4 Å². The van der Waals surface area contributed by atoms with Gasteiger partial charge < -0.3 is 38.8 Å². The third-order valence-corrected chi connectivity index (χ3v) is 14.3. The number of aryl methyl sites for hydroxylation is 1. The predicted octanol–water partition coefficient (Wildman–Crippen LogP) is 5.92. The second-order valence-corrected chi connectivity index (χ2v) is 20.0. The first kappa shape index (κ1) is 49.3. The van der Waals surface area contributed by atoms with Crippen LogP contribution in [0.25, 0.3) is 33.3 Å². The molecule has 6 atom stereocenters. The number of hydrogen-bond donors (Lipinski definition) is 2. The molecule has 2 aromatic heterocycles. The van der Waals surface area contributed by atoms with E-state index in [4.69, 9.17) is 19.2 Å². The summed E-state index contributed by atoms with van der Waals surface area (Å²) < 4.78 is 20.3. The smallest absolute Gasteiger partial charge is 0.324 e. The van der Waals surface area contributed by atoms with Gasteiger partial charge in [0.25, 0.3) is 5.91 Å². The van der Waals surface area contributed by atoms with Gasteiger partial charge in [0.2, 0.25) is 11.8 Å². The lowest BCUT2D eigenvalue weighted by Crippen LogP contribution is -2.62. The van der Waals surface area contributed by atoms with Gasteiger partial charge in [-0.2, -0.15) is 0 Å². The minimum absolute atomic E-state index is 0.130. The topological polar surface area (TPSA) is 168 Å². The van der Waals surface area contributed by atoms with Crippen LogP contribution in [-0.2, 0) is 52.8 Å². The minimum atomic E-state index is -1.07. The van der Waals surface area contributed by atoms with Crippen molar-refractivity contribution in [2.24, 2.45) is 11.3 Å². The lowest BCUT2D eigenvalue weighted by atomic mass is 9.84. The summed E-state index contributed by atoms with van der Waals surface area (Å²) >= 11 is 0. The van der Waals surface area contributed by atoms with Gasteiger partial charge in [0.05, 0.1) is 49.4 Å². The summed E-state index contributed by atoms with van der Waals surface area (Å²) in [4.78, 5) is 79.9. The molecule has 4 aliphatic rings. The second kappa shape index (κ2) is 20.5. The van der Waals surface area contributed by atoms with Gasteiger partial charge in [0.1, 0.15) is 18.1 Å². The number of pyridine rings is 1. The summed E-state index contributed by atoms with van der Waals surface area (Å²) in [5.74, 6) is -1.92. The molecule has 8 rings (SSSR count). The zero-order chi connectivity index (χ0) is 49.3. The number of nitrogens with zero attached hydrogens (tertiary/aromatic N) is 6. The van der Waals surface area contributed by atoms with Crippen molar-refractivity contribution in [3.05, 3.63) is 90.3 Å². The number of ether oxygens (including phenoxy) is 3. The van der Waals surface area contributed by atoms with Crippen LogP contribution in [0.4, 0.5) is 4.79 Å². The van der Waals surface area contributed by atoms with Crippen molar-refractivity contribution in [3.8, 4) is 22.4 Å². The van der Waals surface area contributed by atoms with Crippen LogP contribution in [0.1, 0.15) is 77.3 Å². The van der Waals surface area contributed by atoms with Gasteiger partial charge in [-0.1, -0.05) is 64.6 Å². The highest BCUT2D eigenvalue weighted by molar-refractivity contribution is 5.96. The number of carbonyl (C=O) groups is 5. The van der Waals surface area contributed by atoms with Crippen molar-refractivity contribution in [2.75, 3.05) is 53.6 Å². The van der Waals surface area contributed by atoms with Crippen LogP contribution in [0.2, 0.25) is 0 Å². The molecule has 4 aromatic rings. The molecule has 16 nitrogen and oxygen atoms in total. The molecule has 2 aromatic carbocycles. The molecule has 2 N–H and O–H groups in total. The largest absolute Gasteiger partial charge is 0.464 e. The third kappa shape index (κ3) is 10.0. The molecule has 0 saturated carbocycles. The maximum Gasteiger partial charge on any atom is 0.324 e. The molecule has 0 spiro atoms. The Balaban J connectivity index is 1.15. The third-order valence-electron chi connectivity index (χ3n) is 14.3. The first-order chi connectivity index (χ1) is 33.0. The number of urea groups is 1. The molecule has 3 saturated heterocycles. The highest BCUT2D eigenvalue weighted by atomic mass is 16.5. The van der Waals surface area contributed by atoms with E-state index in [0.29, 0.717) is 45.5 Å². The first-order valence-corrected chi connectivity index (χ1v) is 24.4. The normalized spacial score (nSPS) is 22.7. The number of cyclic esters (lactones) is 1. The summed E-state index contributed by atoms with van der Waals surface area (Å²) in [7, 11) is 3.28. The monoisotopic (exact) mass is 945 g/mol. The number of nitrogens with one attached hydrogen (secondary N) is 2. The van der Waals surface area contributed by atoms with Crippen molar-refractivity contribution in [1.29, 1.82) is 0 Å². The van der Waals surface area contributed by atoms with Gasteiger partial charge in [-0.3, -0.25) is 29.2 Å². The molecule has 3 fully saturated rings. The molecular weight excluding hydrogens is 877 g/mol. The summed E-state index contributed by atoms with van der Waals surface area (Å²) in [5.41, 5.74) is 10.4. The highest BCUT2D eigenvalue weighted by Gasteiger charge is 2.46. The fourth-order valence-electron chi connectivity index (χ4n) is 10.7. The van der Waals surface area contributed by atoms with Gasteiger partial charge in [0, 0.05) is 74.8 Å². The van der Waals surface area contributed by atoms with Crippen molar-refractivity contribution in [3.63, 3.8) is 0 Å². The standard InChI is InChI=1S/C53H68N8O8/c1-10-45(62)60-23-24-68-44-30-58(29-43(44)60)52(66)57(8)47(32(3)4)49(63)55-41-26-34-15-12-16-35(25-34)36-19-20-42-38(27-36)39(48(59(42)11-2)37-17-13-21-54-46(37)33(5)67-9)28-53(6,7)31-69-51(65)40-18-14-22-61(56-40)50(41)64/h10,12-13,15-17,19-21,25,27,32-33,40-41,43-44,47,56H,1,11,14,18,22-24,26,28-31H2,2-9H3,(H,55,63)/t33-,40-,41-,43+,44-,47-/m0/s1. The number of rotatable bonds is 9. The lowest BCUT2D eigenvalue weighted by Gasteiger charge is -2.37. The average Bonchev–Trinajstić information content (AvgIpc) is 3.93. The van der Waals surface area contributed by atoms with Crippen molar-refractivity contribution in [2.45, 2.75) is 110 Å². The molecule has 6 bridgehead atoms. The zero-order valence-electron chi connectivity index (χ0n) is 41.3. The quantitative estimate of drug-likeness (QED) is 0.152. The van der Waals surface area contributed by atoms with Crippen LogP contribution < -0.4 is 10.7 Å². The van der Waals surface area contributed by atoms with Gasteiger partial charge in [-0.15, -0.1) is 0 Å². The summed E-state index contributed by atoms with van der Waals surface area (Å²) in [5, 5.41) is 5.58. The zero-order valence-corrected chi connectivity index (χ0v) is 41.3. The molecule has 0 unspecified atom stereocenters. The number of likely N-dealkylation sites (tertiary alicyclic amines) is 1. The van der Waals surface area contributed by atoms with E-state index in [1.54, 1.807) is 30.2 Å². The summed E-state index contributed by atoms with van der Waals surface area (Å²) in [6.07, 6.45) is 4.17. The molecule has 368 valence electrons. The Bertz CT molecular complexity index is 2610. The van der Waals surface area contributed by atoms with E-state index >= 15 is 0 Å². The van der Waals surface area contributed by atoms with E-state index in [-0.39, 0.29) is 62.2 Å². The van der Waals surface area contributed by atoms with Crippen molar-refractivity contribution < 1.29 is 38.2 Å².